The summed E-state index contributed by atoms with van der Waals surface area (Å²) in [6.45, 7) is 1.33. The minimum absolute atomic E-state index is 0. The number of rotatable bonds is 8. The number of halogens is 4. The van der Waals surface area contributed by atoms with Crippen molar-refractivity contribution >= 4 is 52.6 Å². The molecule has 11 heteroatoms. The fourth-order valence-corrected chi connectivity index (χ4v) is 3.79. The van der Waals surface area contributed by atoms with Gasteiger partial charge in [-0.05, 0) is 30.0 Å². The Labute approximate surface area is 191 Å². The summed E-state index contributed by atoms with van der Waals surface area (Å²) >= 11 is 2.63. The van der Waals surface area contributed by atoms with Gasteiger partial charge in [-0.1, -0.05) is 6.07 Å². The van der Waals surface area contributed by atoms with Gasteiger partial charge in [0.25, 0.3) is 0 Å². The minimum atomic E-state index is -4.43. The van der Waals surface area contributed by atoms with Gasteiger partial charge in [-0.3, -0.25) is 0 Å². The average molecular weight is 556 g/mol. The molecule has 3 aromatic heterocycles. The van der Waals surface area contributed by atoms with E-state index in [2.05, 4.69) is 26.7 Å². The molecular formula is C18H20F3IN4OS2. The third-order valence-electron chi connectivity index (χ3n) is 3.70. The van der Waals surface area contributed by atoms with E-state index in [0.717, 1.165) is 28.9 Å². The third-order valence-corrected chi connectivity index (χ3v) is 5.47. The van der Waals surface area contributed by atoms with E-state index < -0.39 is 11.9 Å². The monoisotopic (exact) mass is 556 g/mol. The predicted molar refractivity (Wildman–Crippen MR) is 120 cm³/mol. The second-order valence-corrected chi connectivity index (χ2v) is 7.78. The second kappa shape index (κ2) is 11.6. The van der Waals surface area contributed by atoms with Gasteiger partial charge in [0.2, 0.25) is 0 Å². The van der Waals surface area contributed by atoms with Crippen molar-refractivity contribution < 1.29 is 17.6 Å². The molecule has 0 atom stereocenters. The number of thiophene rings is 1. The Kier molecular flexibility index (Phi) is 9.43. The maximum absolute atomic E-state index is 12.7. The SMILES string of the molecule is FC(F)(F)c1csc(CN=C(NCCc2ccco2)NCCc2cccs2)n1.I. The highest BCUT2D eigenvalue weighted by atomic mass is 127. The van der Waals surface area contributed by atoms with Crippen LogP contribution in [-0.4, -0.2) is 24.0 Å². The molecule has 0 aromatic carbocycles. The number of furan rings is 1. The smallest absolute Gasteiger partial charge is 0.434 e. The van der Waals surface area contributed by atoms with E-state index >= 15 is 0 Å². The van der Waals surface area contributed by atoms with E-state index in [1.807, 2.05) is 23.6 Å². The van der Waals surface area contributed by atoms with Gasteiger partial charge in [0, 0.05) is 29.8 Å². The molecule has 29 heavy (non-hydrogen) atoms. The molecule has 5 nitrogen and oxygen atoms in total. The van der Waals surface area contributed by atoms with Crippen molar-refractivity contribution in [3.63, 3.8) is 0 Å². The summed E-state index contributed by atoms with van der Waals surface area (Å²) < 4.78 is 43.3. The van der Waals surface area contributed by atoms with Crippen LogP contribution in [0, 0.1) is 0 Å². The largest absolute Gasteiger partial charge is 0.469 e. The van der Waals surface area contributed by atoms with Crippen LogP contribution >= 0.6 is 46.7 Å². The molecule has 0 saturated carbocycles. The third kappa shape index (κ3) is 7.97. The summed E-state index contributed by atoms with van der Waals surface area (Å²) in [5.74, 6) is 1.38. The van der Waals surface area contributed by atoms with Crippen molar-refractivity contribution in [3.8, 4) is 0 Å². The maximum atomic E-state index is 12.7. The number of nitrogens with one attached hydrogen (secondary N) is 2. The van der Waals surface area contributed by atoms with Crippen molar-refractivity contribution in [2.24, 2.45) is 4.99 Å². The number of guanidine groups is 1. The van der Waals surface area contributed by atoms with Gasteiger partial charge in [0.05, 0.1) is 12.8 Å². The Morgan fingerprint density at radius 2 is 1.90 bits per heavy atom. The Bertz CT molecular complexity index is 822. The molecule has 0 spiro atoms. The molecule has 0 aliphatic carbocycles. The second-order valence-electron chi connectivity index (χ2n) is 5.80. The van der Waals surface area contributed by atoms with Crippen molar-refractivity contribution in [2.45, 2.75) is 25.6 Å². The summed E-state index contributed by atoms with van der Waals surface area (Å²) in [6.07, 6.45) is -1.30. The number of alkyl halides is 3. The number of aliphatic imine (C=N–C) groups is 1. The Morgan fingerprint density at radius 1 is 1.10 bits per heavy atom. The van der Waals surface area contributed by atoms with Gasteiger partial charge in [-0.15, -0.1) is 46.7 Å². The molecule has 3 aromatic rings. The zero-order valence-corrected chi connectivity index (χ0v) is 19.2. The molecule has 158 valence electrons. The highest BCUT2D eigenvalue weighted by Crippen LogP contribution is 2.30. The quantitative estimate of drug-likeness (QED) is 0.234. The van der Waals surface area contributed by atoms with E-state index in [9.17, 15) is 13.2 Å². The van der Waals surface area contributed by atoms with E-state index in [1.165, 1.54) is 4.88 Å². The first-order valence-electron chi connectivity index (χ1n) is 8.59. The number of hydrogen-bond acceptors (Lipinski definition) is 5. The van der Waals surface area contributed by atoms with Crippen LogP contribution < -0.4 is 10.6 Å². The Balaban J connectivity index is 0.00000300. The zero-order valence-electron chi connectivity index (χ0n) is 15.2. The molecule has 3 heterocycles. The minimum Gasteiger partial charge on any atom is -0.469 e. The van der Waals surface area contributed by atoms with Crippen LogP contribution in [0.15, 0.2) is 50.7 Å². The molecule has 0 fully saturated rings. The van der Waals surface area contributed by atoms with E-state index in [1.54, 1.807) is 17.6 Å². The van der Waals surface area contributed by atoms with Crippen LogP contribution in [0.4, 0.5) is 13.2 Å². The molecule has 2 N–H and O–H groups in total. The molecule has 0 bridgehead atoms. The summed E-state index contributed by atoms with van der Waals surface area (Å²) in [4.78, 5) is 9.24. The molecule has 0 unspecified atom stereocenters. The van der Waals surface area contributed by atoms with Crippen molar-refractivity contribution in [3.05, 3.63) is 62.6 Å². The van der Waals surface area contributed by atoms with E-state index in [4.69, 9.17) is 4.42 Å². The van der Waals surface area contributed by atoms with Crippen LogP contribution in [0.5, 0.6) is 0 Å². The average Bonchev–Trinajstić information content (AvgIpc) is 3.40. The molecule has 0 saturated heterocycles. The molecule has 0 aliphatic heterocycles. The Morgan fingerprint density at radius 3 is 2.52 bits per heavy atom. The number of hydrogen-bond donors (Lipinski definition) is 2. The lowest BCUT2D eigenvalue weighted by Gasteiger charge is -2.11. The van der Waals surface area contributed by atoms with E-state index in [-0.39, 0.29) is 30.5 Å². The van der Waals surface area contributed by atoms with Crippen LogP contribution in [0.2, 0.25) is 0 Å². The van der Waals surface area contributed by atoms with Gasteiger partial charge >= 0.3 is 6.18 Å². The Hall–Kier alpha value is -1.60. The first kappa shape index (κ1) is 23.7. The van der Waals surface area contributed by atoms with Crippen LogP contribution in [-0.2, 0) is 25.6 Å². The van der Waals surface area contributed by atoms with Crippen LogP contribution in [0.3, 0.4) is 0 Å². The number of thiazole rings is 1. The number of nitrogens with zero attached hydrogens (tertiary/aromatic N) is 2. The maximum Gasteiger partial charge on any atom is 0.434 e. The lowest BCUT2D eigenvalue weighted by atomic mass is 10.3. The normalized spacial score (nSPS) is 11.9. The van der Waals surface area contributed by atoms with Crippen molar-refractivity contribution in [2.75, 3.05) is 13.1 Å². The molecule has 3 rings (SSSR count). The summed E-state index contributed by atoms with van der Waals surface area (Å²) in [6, 6.07) is 7.76. The first-order valence-corrected chi connectivity index (χ1v) is 10.3. The fraction of sp³-hybridized carbons (Fsp3) is 0.333. The standard InChI is InChI=1S/C18H19F3N4OS2.HI/c19-18(20,21)15-12-28-16(25-15)11-24-17(22-7-5-13-3-1-9-26-13)23-8-6-14-4-2-10-27-14;/h1-4,9-10,12H,5-8,11H2,(H2,22,23,24);1H. The lowest BCUT2D eigenvalue weighted by Crippen LogP contribution is -2.39. The van der Waals surface area contributed by atoms with Gasteiger partial charge in [0.1, 0.15) is 10.8 Å². The first-order chi connectivity index (χ1) is 13.5. The molecular weight excluding hydrogens is 536 g/mol. The summed E-state index contributed by atoms with van der Waals surface area (Å²) in [5.41, 5.74) is -0.874. The highest BCUT2D eigenvalue weighted by molar-refractivity contribution is 14.0. The molecule has 0 amide bonds. The number of aromatic nitrogens is 1. The zero-order chi connectivity index (χ0) is 19.8. The van der Waals surface area contributed by atoms with Crippen LogP contribution in [0.25, 0.3) is 0 Å². The van der Waals surface area contributed by atoms with Gasteiger partial charge in [-0.25, -0.2) is 9.98 Å². The highest BCUT2D eigenvalue weighted by Gasteiger charge is 2.33. The van der Waals surface area contributed by atoms with Crippen LogP contribution in [0.1, 0.15) is 21.3 Å². The fourth-order valence-electron chi connectivity index (χ4n) is 2.35. The van der Waals surface area contributed by atoms with Gasteiger partial charge < -0.3 is 15.1 Å². The summed E-state index contributed by atoms with van der Waals surface area (Å²) in [7, 11) is 0. The van der Waals surface area contributed by atoms with Gasteiger partial charge in [0.15, 0.2) is 11.7 Å². The lowest BCUT2D eigenvalue weighted by molar-refractivity contribution is -0.140. The van der Waals surface area contributed by atoms with Crippen molar-refractivity contribution in [1.82, 2.24) is 15.6 Å². The van der Waals surface area contributed by atoms with E-state index in [0.29, 0.717) is 30.5 Å². The van der Waals surface area contributed by atoms with Gasteiger partial charge in [-0.2, -0.15) is 13.2 Å². The topological polar surface area (TPSA) is 62.5 Å². The molecule has 0 aliphatic rings. The van der Waals surface area contributed by atoms with Crippen molar-refractivity contribution in [1.29, 1.82) is 0 Å². The predicted octanol–water partition coefficient (Wildman–Crippen LogP) is 4.96. The molecule has 0 radical (unpaired) electrons. The summed E-state index contributed by atoms with van der Waals surface area (Å²) in [5, 5.41) is 9.75.